The Balaban J connectivity index is 2.08. The number of carbonyl (C=O) groups is 2. The summed E-state index contributed by atoms with van der Waals surface area (Å²) in [5, 5.41) is 15.3. The van der Waals surface area contributed by atoms with Gasteiger partial charge in [-0.1, -0.05) is 6.07 Å². The zero-order valence-corrected chi connectivity index (χ0v) is 12.8. The number of ether oxygens (including phenoxy) is 2. The molecule has 0 atom stereocenters. The Morgan fingerprint density at radius 3 is 2.43 bits per heavy atom. The van der Waals surface area contributed by atoms with Gasteiger partial charge in [0.1, 0.15) is 18.0 Å². The molecular weight excluding hydrogens is 302 g/mol. The number of hydrogen-bond donors (Lipinski definition) is 2. The van der Waals surface area contributed by atoms with Gasteiger partial charge in [0.2, 0.25) is 5.91 Å². The van der Waals surface area contributed by atoms with E-state index in [1.54, 1.807) is 18.2 Å². The number of methoxy groups -OCH3 is 2. The Labute approximate surface area is 132 Å². The molecule has 1 aromatic heterocycles. The molecule has 0 radical (unpaired) electrons. The Hall–Kier alpha value is -3.03. The second kappa shape index (κ2) is 7.30. The summed E-state index contributed by atoms with van der Waals surface area (Å²) in [6.45, 7) is -0.268. The number of carbonyl (C=O) groups excluding carboxylic acids is 1. The highest BCUT2D eigenvalue weighted by Crippen LogP contribution is 2.28. The average Bonchev–Trinajstić information content (AvgIpc) is 2.93. The number of aromatic nitrogens is 2. The molecule has 8 nitrogen and oxygen atoms in total. The van der Waals surface area contributed by atoms with Crippen LogP contribution < -0.4 is 14.8 Å². The number of carboxylic acids is 1. The fourth-order valence-corrected chi connectivity index (χ4v) is 2.10. The highest BCUT2D eigenvalue weighted by molar-refractivity contribution is 5.92. The smallest absolute Gasteiger partial charge is 0.325 e. The number of nitrogens with zero attached hydrogens (tertiary/aromatic N) is 2. The van der Waals surface area contributed by atoms with E-state index in [2.05, 4.69) is 10.4 Å². The molecule has 0 bridgehead atoms. The van der Waals surface area contributed by atoms with Gasteiger partial charge < -0.3 is 19.9 Å². The van der Waals surface area contributed by atoms with E-state index in [1.807, 2.05) is 0 Å². The maximum Gasteiger partial charge on any atom is 0.325 e. The second-order valence-electron chi connectivity index (χ2n) is 4.66. The van der Waals surface area contributed by atoms with E-state index in [9.17, 15) is 9.59 Å². The number of hydrogen-bond acceptors (Lipinski definition) is 5. The molecule has 2 aromatic rings. The molecule has 0 saturated carbocycles. The maximum atomic E-state index is 12.2. The van der Waals surface area contributed by atoms with Crippen LogP contribution in [0.25, 0.3) is 0 Å². The van der Waals surface area contributed by atoms with Gasteiger partial charge in [-0.25, -0.2) is 0 Å². The van der Waals surface area contributed by atoms with Crippen LogP contribution in [0.2, 0.25) is 0 Å². The van der Waals surface area contributed by atoms with Crippen LogP contribution in [0.3, 0.4) is 0 Å². The molecule has 122 valence electrons. The number of amides is 1. The molecule has 2 N–H and O–H groups in total. The molecule has 1 heterocycles. The number of benzene rings is 1. The summed E-state index contributed by atoms with van der Waals surface area (Å²) in [5.41, 5.74) is 0.625. The van der Waals surface area contributed by atoms with Crippen LogP contribution in [0.1, 0.15) is 5.56 Å². The van der Waals surface area contributed by atoms with Gasteiger partial charge in [-0.2, -0.15) is 5.10 Å². The maximum absolute atomic E-state index is 12.2. The lowest BCUT2D eigenvalue weighted by atomic mass is 10.1. The van der Waals surface area contributed by atoms with Gasteiger partial charge in [-0.15, -0.1) is 0 Å². The molecule has 0 spiro atoms. The quantitative estimate of drug-likeness (QED) is 0.794. The average molecular weight is 319 g/mol. The van der Waals surface area contributed by atoms with E-state index in [0.29, 0.717) is 17.1 Å². The first-order chi connectivity index (χ1) is 11.0. The minimum atomic E-state index is -1.01. The zero-order valence-electron chi connectivity index (χ0n) is 12.8. The van der Waals surface area contributed by atoms with E-state index in [1.165, 1.54) is 31.2 Å². The number of rotatable bonds is 7. The zero-order chi connectivity index (χ0) is 16.8. The summed E-state index contributed by atoms with van der Waals surface area (Å²) in [4.78, 5) is 22.8. The standard InChI is InChI=1S/C15H17N3O5/c1-22-11-4-3-5-12(23-2)10(11)8-14(19)16-13-6-7-18(17-13)9-15(20)21/h3-7H,8-9H2,1-2H3,(H,20,21)(H,16,17,19). The lowest BCUT2D eigenvalue weighted by Crippen LogP contribution is -2.16. The first-order valence-electron chi connectivity index (χ1n) is 6.78. The van der Waals surface area contributed by atoms with Crippen molar-refractivity contribution in [1.82, 2.24) is 9.78 Å². The highest BCUT2D eigenvalue weighted by Gasteiger charge is 2.15. The van der Waals surface area contributed by atoms with Crippen molar-refractivity contribution in [3.63, 3.8) is 0 Å². The van der Waals surface area contributed by atoms with Crippen LogP contribution in [0.15, 0.2) is 30.5 Å². The van der Waals surface area contributed by atoms with Crippen molar-refractivity contribution in [2.24, 2.45) is 0 Å². The molecule has 0 fully saturated rings. The van der Waals surface area contributed by atoms with Gasteiger partial charge in [0.25, 0.3) is 0 Å². The van der Waals surface area contributed by atoms with Crippen molar-refractivity contribution in [1.29, 1.82) is 0 Å². The lowest BCUT2D eigenvalue weighted by molar-refractivity contribution is -0.137. The minimum absolute atomic E-state index is 0.0407. The first-order valence-corrected chi connectivity index (χ1v) is 6.78. The Bertz CT molecular complexity index is 689. The molecule has 8 heteroatoms. The third-order valence-electron chi connectivity index (χ3n) is 3.07. The number of aliphatic carboxylic acids is 1. The number of nitrogens with one attached hydrogen (secondary N) is 1. The van der Waals surface area contributed by atoms with Crippen molar-refractivity contribution in [3.05, 3.63) is 36.0 Å². The Kier molecular flexibility index (Phi) is 5.19. The molecule has 23 heavy (non-hydrogen) atoms. The number of anilines is 1. The molecule has 0 aliphatic carbocycles. The van der Waals surface area contributed by atoms with E-state index in [4.69, 9.17) is 14.6 Å². The van der Waals surface area contributed by atoms with Gasteiger partial charge in [0.05, 0.1) is 20.6 Å². The molecule has 0 aliphatic rings. The second-order valence-corrected chi connectivity index (χ2v) is 4.66. The van der Waals surface area contributed by atoms with Crippen LogP contribution in [0.5, 0.6) is 11.5 Å². The fraction of sp³-hybridized carbons (Fsp3) is 0.267. The van der Waals surface area contributed by atoms with Gasteiger partial charge in [-0.05, 0) is 12.1 Å². The molecule has 0 aliphatic heterocycles. The topological polar surface area (TPSA) is 103 Å². The molecule has 0 saturated heterocycles. The molecule has 0 unspecified atom stereocenters. The summed E-state index contributed by atoms with van der Waals surface area (Å²) in [6, 6.07) is 6.78. The highest BCUT2D eigenvalue weighted by atomic mass is 16.5. The van der Waals surface area contributed by atoms with Crippen LogP contribution in [-0.2, 0) is 22.6 Å². The Morgan fingerprint density at radius 1 is 1.22 bits per heavy atom. The van der Waals surface area contributed by atoms with Crippen LogP contribution in [0.4, 0.5) is 5.82 Å². The first kappa shape index (κ1) is 16.3. The third-order valence-corrected chi connectivity index (χ3v) is 3.07. The Morgan fingerprint density at radius 2 is 1.87 bits per heavy atom. The van der Waals surface area contributed by atoms with E-state index in [0.717, 1.165) is 0 Å². The number of carboxylic acid groups (broad SMARTS) is 1. The SMILES string of the molecule is COc1cccc(OC)c1CC(=O)Nc1ccn(CC(=O)O)n1. The summed E-state index contributed by atoms with van der Waals surface area (Å²) < 4.78 is 11.7. The fourth-order valence-electron chi connectivity index (χ4n) is 2.10. The molecular formula is C15H17N3O5. The summed E-state index contributed by atoms with van der Waals surface area (Å²) in [6.07, 6.45) is 1.52. The van der Waals surface area contributed by atoms with Gasteiger partial charge in [0, 0.05) is 17.8 Å². The summed E-state index contributed by atoms with van der Waals surface area (Å²) in [7, 11) is 3.04. The lowest BCUT2D eigenvalue weighted by Gasteiger charge is -2.12. The van der Waals surface area contributed by atoms with E-state index in [-0.39, 0.29) is 24.7 Å². The predicted molar refractivity (Wildman–Crippen MR) is 81.7 cm³/mol. The molecule has 1 aromatic carbocycles. The molecule has 1 amide bonds. The third kappa shape index (κ3) is 4.22. The van der Waals surface area contributed by atoms with Crippen molar-refractivity contribution < 1.29 is 24.2 Å². The summed E-state index contributed by atoms with van der Waals surface area (Å²) >= 11 is 0. The van der Waals surface area contributed by atoms with Crippen LogP contribution in [-0.4, -0.2) is 41.0 Å². The normalized spacial score (nSPS) is 10.2. The van der Waals surface area contributed by atoms with Crippen molar-refractivity contribution in [2.75, 3.05) is 19.5 Å². The molecule has 2 rings (SSSR count). The van der Waals surface area contributed by atoms with Gasteiger partial charge >= 0.3 is 5.97 Å². The van der Waals surface area contributed by atoms with Crippen molar-refractivity contribution in [2.45, 2.75) is 13.0 Å². The van der Waals surface area contributed by atoms with Crippen molar-refractivity contribution >= 4 is 17.7 Å². The van der Waals surface area contributed by atoms with E-state index >= 15 is 0 Å². The van der Waals surface area contributed by atoms with Crippen LogP contribution >= 0.6 is 0 Å². The largest absolute Gasteiger partial charge is 0.496 e. The van der Waals surface area contributed by atoms with Crippen LogP contribution in [0, 0.1) is 0 Å². The summed E-state index contributed by atoms with van der Waals surface area (Å²) in [5.74, 6) is 0.0648. The monoisotopic (exact) mass is 319 g/mol. The van der Waals surface area contributed by atoms with Gasteiger partial charge in [-0.3, -0.25) is 14.3 Å². The van der Waals surface area contributed by atoms with E-state index < -0.39 is 5.97 Å². The predicted octanol–water partition coefficient (Wildman–Crippen LogP) is 1.17. The van der Waals surface area contributed by atoms with Gasteiger partial charge in [0.15, 0.2) is 5.82 Å². The van der Waals surface area contributed by atoms with Crippen molar-refractivity contribution in [3.8, 4) is 11.5 Å². The minimum Gasteiger partial charge on any atom is -0.496 e.